The van der Waals surface area contributed by atoms with Crippen molar-refractivity contribution in [3.63, 3.8) is 0 Å². The summed E-state index contributed by atoms with van der Waals surface area (Å²) < 4.78 is 1.92. The van der Waals surface area contributed by atoms with Crippen molar-refractivity contribution in [2.24, 2.45) is 7.05 Å². The third-order valence-corrected chi connectivity index (χ3v) is 4.35. The van der Waals surface area contributed by atoms with E-state index in [9.17, 15) is 0 Å². The molecule has 0 radical (unpaired) electrons. The molecule has 0 aromatic carbocycles. The summed E-state index contributed by atoms with van der Waals surface area (Å²) in [6.45, 7) is 3.92. The van der Waals surface area contributed by atoms with Gasteiger partial charge in [-0.25, -0.2) is 0 Å². The first-order valence-corrected chi connectivity index (χ1v) is 7.71. The van der Waals surface area contributed by atoms with Gasteiger partial charge in [0.2, 0.25) is 17.1 Å². The molecule has 1 aliphatic heterocycles. The highest BCUT2D eigenvalue weighted by Crippen LogP contribution is 2.26. The van der Waals surface area contributed by atoms with Gasteiger partial charge in [0.05, 0.1) is 0 Å². The van der Waals surface area contributed by atoms with Gasteiger partial charge in [0.15, 0.2) is 5.16 Å². The molecule has 0 aliphatic carbocycles. The van der Waals surface area contributed by atoms with E-state index in [2.05, 4.69) is 35.4 Å². The average molecular weight is 306 g/mol. The second kappa shape index (κ2) is 5.84. The monoisotopic (exact) mass is 306 g/mol. The fourth-order valence-electron chi connectivity index (χ4n) is 2.12. The Morgan fingerprint density at radius 3 is 2.48 bits per heavy atom. The summed E-state index contributed by atoms with van der Waals surface area (Å²) in [5, 5.41) is 12.6. The molecule has 1 N–H and O–H groups in total. The molecule has 0 spiro atoms. The molecular formula is C12H18N8S. The van der Waals surface area contributed by atoms with Gasteiger partial charge in [-0.15, -0.1) is 10.2 Å². The van der Waals surface area contributed by atoms with Crippen molar-refractivity contribution in [2.45, 2.75) is 30.1 Å². The van der Waals surface area contributed by atoms with Crippen molar-refractivity contribution < 1.29 is 0 Å². The lowest BCUT2D eigenvalue weighted by molar-refractivity contribution is 0.759. The van der Waals surface area contributed by atoms with Gasteiger partial charge >= 0.3 is 0 Å². The van der Waals surface area contributed by atoms with Gasteiger partial charge in [-0.1, -0.05) is 0 Å². The van der Waals surface area contributed by atoms with Crippen LogP contribution in [0.5, 0.6) is 0 Å². The highest BCUT2D eigenvalue weighted by molar-refractivity contribution is 7.99. The van der Waals surface area contributed by atoms with Crippen LogP contribution in [0.25, 0.3) is 0 Å². The van der Waals surface area contributed by atoms with Gasteiger partial charge in [-0.05, 0) is 31.5 Å². The van der Waals surface area contributed by atoms with Crippen LogP contribution in [0.15, 0.2) is 10.3 Å². The van der Waals surface area contributed by atoms with Crippen LogP contribution in [-0.2, 0) is 7.05 Å². The number of nitrogens with zero attached hydrogens (tertiary/aromatic N) is 7. The number of anilines is 2. The Bertz CT molecular complexity index is 634. The molecule has 3 heterocycles. The summed E-state index contributed by atoms with van der Waals surface area (Å²) >= 11 is 1.40. The maximum Gasteiger partial charge on any atom is 0.231 e. The predicted octanol–water partition coefficient (Wildman–Crippen LogP) is 1.10. The Kier molecular flexibility index (Phi) is 3.91. The number of nitrogens with one attached hydrogen (secondary N) is 1. The maximum absolute atomic E-state index is 4.55. The molecule has 9 heteroatoms. The first-order chi connectivity index (χ1) is 10.2. The predicted molar refractivity (Wildman–Crippen MR) is 80.7 cm³/mol. The highest BCUT2D eigenvalue weighted by Gasteiger charge is 2.18. The molecule has 0 bridgehead atoms. The van der Waals surface area contributed by atoms with Gasteiger partial charge in [-0.3, -0.25) is 0 Å². The fourth-order valence-corrected chi connectivity index (χ4v) is 2.89. The summed E-state index contributed by atoms with van der Waals surface area (Å²) in [4.78, 5) is 15.6. The normalized spacial score (nSPS) is 14.7. The molecule has 112 valence electrons. The lowest BCUT2D eigenvalue weighted by Gasteiger charge is -2.16. The third kappa shape index (κ3) is 2.92. The first kappa shape index (κ1) is 14.1. The Hall–Kier alpha value is -1.90. The first-order valence-electron chi connectivity index (χ1n) is 6.90. The van der Waals surface area contributed by atoms with E-state index in [0.29, 0.717) is 11.1 Å². The summed E-state index contributed by atoms with van der Waals surface area (Å²) in [5.41, 5.74) is 0. The molecule has 21 heavy (non-hydrogen) atoms. The van der Waals surface area contributed by atoms with Crippen LogP contribution in [0.3, 0.4) is 0 Å². The van der Waals surface area contributed by atoms with Gasteiger partial charge in [-0.2, -0.15) is 15.0 Å². The second-order valence-corrected chi connectivity index (χ2v) is 5.81. The third-order valence-electron chi connectivity index (χ3n) is 3.45. The molecule has 0 unspecified atom stereocenters. The van der Waals surface area contributed by atoms with Crippen molar-refractivity contribution in [1.29, 1.82) is 0 Å². The molecule has 1 aliphatic rings. The van der Waals surface area contributed by atoms with Crippen LogP contribution in [0.2, 0.25) is 0 Å². The molecule has 0 amide bonds. The zero-order valence-corrected chi connectivity index (χ0v) is 13.2. The standard InChI is InChI=1S/C12H18N8S/c1-8-17-18-12(19(8)3)21-11-15-9(13-2)14-10(16-11)20-6-4-5-7-20/h4-7H2,1-3H3,(H,13,14,15,16). The van der Waals surface area contributed by atoms with Crippen LogP contribution in [0.4, 0.5) is 11.9 Å². The van der Waals surface area contributed by atoms with E-state index in [1.807, 2.05) is 25.6 Å². The zero-order chi connectivity index (χ0) is 14.8. The Morgan fingerprint density at radius 2 is 1.86 bits per heavy atom. The molecule has 8 nitrogen and oxygen atoms in total. The van der Waals surface area contributed by atoms with Gasteiger partial charge in [0.1, 0.15) is 5.82 Å². The van der Waals surface area contributed by atoms with E-state index in [4.69, 9.17) is 0 Å². The number of aromatic nitrogens is 6. The van der Waals surface area contributed by atoms with E-state index < -0.39 is 0 Å². The zero-order valence-electron chi connectivity index (χ0n) is 12.4. The minimum atomic E-state index is 0.577. The SMILES string of the molecule is CNc1nc(Sc2nnc(C)n2C)nc(N2CCCC2)n1. The number of hydrogen-bond donors (Lipinski definition) is 1. The maximum atomic E-state index is 4.55. The molecule has 0 saturated carbocycles. The lowest BCUT2D eigenvalue weighted by atomic mass is 10.4. The average Bonchev–Trinajstić information content (AvgIpc) is 3.13. The number of aryl methyl sites for hydroxylation is 1. The van der Waals surface area contributed by atoms with E-state index in [0.717, 1.165) is 30.0 Å². The van der Waals surface area contributed by atoms with E-state index >= 15 is 0 Å². The fraction of sp³-hybridized carbons (Fsp3) is 0.583. The van der Waals surface area contributed by atoms with E-state index in [1.54, 1.807) is 0 Å². The van der Waals surface area contributed by atoms with Crippen LogP contribution in [0.1, 0.15) is 18.7 Å². The molecule has 1 fully saturated rings. The number of hydrogen-bond acceptors (Lipinski definition) is 8. The second-order valence-electron chi connectivity index (χ2n) is 4.88. The van der Waals surface area contributed by atoms with Gasteiger partial charge < -0.3 is 14.8 Å². The quantitative estimate of drug-likeness (QED) is 0.899. The summed E-state index contributed by atoms with van der Waals surface area (Å²) in [5.74, 6) is 2.17. The van der Waals surface area contributed by atoms with Crippen molar-refractivity contribution >= 4 is 23.7 Å². The Balaban J connectivity index is 1.90. The van der Waals surface area contributed by atoms with Crippen molar-refractivity contribution in [2.75, 3.05) is 30.4 Å². The van der Waals surface area contributed by atoms with Crippen molar-refractivity contribution in [1.82, 2.24) is 29.7 Å². The van der Waals surface area contributed by atoms with Crippen molar-refractivity contribution in [3.05, 3.63) is 5.82 Å². The Morgan fingerprint density at radius 1 is 1.10 bits per heavy atom. The summed E-state index contributed by atoms with van der Waals surface area (Å²) in [7, 11) is 3.74. The van der Waals surface area contributed by atoms with Crippen LogP contribution < -0.4 is 10.2 Å². The number of rotatable bonds is 4. The highest BCUT2D eigenvalue weighted by atomic mass is 32.2. The van der Waals surface area contributed by atoms with Crippen molar-refractivity contribution in [3.8, 4) is 0 Å². The minimum absolute atomic E-state index is 0.577. The summed E-state index contributed by atoms with van der Waals surface area (Å²) in [6, 6.07) is 0. The molecule has 2 aromatic rings. The molecule has 0 atom stereocenters. The minimum Gasteiger partial charge on any atom is -0.357 e. The van der Waals surface area contributed by atoms with Gasteiger partial charge in [0.25, 0.3) is 0 Å². The molecule has 1 saturated heterocycles. The smallest absolute Gasteiger partial charge is 0.231 e. The van der Waals surface area contributed by atoms with Gasteiger partial charge in [0, 0.05) is 27.2 Å². The van der Waals surface area contributed by atoms with E-state index in [1.165, 1.54) is 24.6 Å². The Labute approximate surface area is 127 Å². The summed E-state index contributed by atoms with van der Waals surface area (Å²) in [6.07, 6.45) is 2.37. The van der Waals surface area contributed by atoms with Crippen LogP contribution in [-0.4, -0.2) is 49.9 Å². The molecule has 2 aromatic heterocycles. The topological polar surface area (TPSA) is 84.7 Å². The molecule has 3 rings (SSSR count). The largest absolute Gasteiger partial charge is 0.357 e. The molecular weight excluding hydrogens is 288 g/mol. The lowest BCUT2D eigenvalue weighted by Crippen LogP contribution is -2.21. The van der Waals surface area contributed by atoms with E-state index in [-0.39, 0.29) is 0 Å². The van der Waals surface area contributed by atoms with Crippen LogP contribution in [0, 0.1) is 6.92 Å². The van der Waals surface area contributed by atoms with Crippen LogP contribution >= 0.6 is 11.8 Å².